The summed E-state index contributed by atoms with van der Waals surface area (Å²) < 4.78 is 40.8. The van der Waals surface area contributed by atoms with E-state index in [1.807, 2.05) is 7.05 Å². The molecule has 0 heterocycles. The van der Waals surface area contributed by atoms with Gasteiger partial charge < -0.3 is 25.2 Å². The van der Waals surface area contributed by atoms with Crippen molar-refractivity contribution >= 4 is 10.1 Å². The molecule has 0 fully saturated rings. The summed E-state index contributed by atoms with van der Waals surface area (Å²) in [6, 6.07) is 0. The molecule has 4 N–H and O–H groups in total. The summed E-state index contributed by atoms with van der Waals surface area (Å²) in [6.45, 7) is 10.5. The smallest absolute Gasteiger partial charge is 0.264 e. The molecule has 0 aliphatic rings. The van der Waals surface area contributed by atoms with Gasteiger partial charge in [-0.15, -0.1) is 0 Å². The molecule has 1 unspecified atom stereocenters. The van der Waals surface area contributed by atoms with Gasteiger partial charge in [-0.3, -0.25) is 4.55 Å². The van der Waals surface area contributed by atoms with Gasteiger partial charge in [-0.1, -0.05) is 0 Å². The molecule has 0 bridgehead atoms. The molecular formula is C17H38N2O6S. The molecule has 0 aromatic rings. The Bertz CT molecular complexity index is 468. The molecular weight excluding hydrogens is 360 g/mol. The number of rotatable bonds is 16. The van der Waals surface area contributed by atoms with Gasteiger partial charge in [0.1, 0.15) is 0 Å². The number of aliphatic hydroxyl groups excluding tert-OH is 1. The van der Waals surface area contributed by atoms with E-state index in [9.17, 15) is 13.5 Å². The van der Waals surface area contributed by atoms with Crippen LogP contribution in [0.25, 0.3) is 0 Å². The van der Waals surface area contributed by atoms with Gasteiger partial charge in [0.15, 0.2) is 0 Å². The standard InChI is InChI=1S/C17H38N2O6S/c1-16(2,18-5)8-11-25-17(3,4)7-9-19-13-15(20)14-24-10-6-12-26(21,22)23/h15,18-20H,6-14H2,1-5H3,(H,21,22,23). The normalized spacial score (nSPS) is 14.6. The average Bonchev–Trinajstić information content (AvgIpc) is 2.50. The second-order valence-electron chi connectivity index (χ2n) is 7.81. The van der Waals surface area contributed by atoms with E-state index in [0.29, 0.717) is 19.7 Å². The van der Waals surface area contributed by atoms with E-state index < -0.39 is 16.2 Å². The van der Waals surface area contributed by atoms with Gasteiger partial charge in [-0.05, 0) is 60.5 Å². The average molecular weight is 399 g/mol. The molecule has 8 nitrogen and oxygen atoms in total. The SMILES string of the molecule is CNC(C)(C)CCOC(C)(C)CCNCC(O)COCCCS(=O)(=O)O. The fourth-order valence-corrected chi connectivity index (χ4v) is 2.54. The monoisotopic (exact) mass is 398 g/mol. The zero-order chi connectivity index (χ0) is 20.3. The second kappa shape index (κ2) is 12.2. The van der Waals surface area contributed by atoms with E-state index in [0.717, 1.165) is 12.8 Å². The van der Waals surface area contributed by atoms with Gasteiger partial charge in [-0.25, -0.2) is 0 Å². The molecule has 26 heavy (non-hydrogen) atoms. The van der Waals surface area contributed by atoms with Crippen molar-refractivity contribution in [3.8, 4) is 0 Å². The highest BCUT2D eigenvalue weighted by Gasteiger charge is 2.21. The van der Waals surface area contributed by atoms with Crippen molar-refractivity contribution in [2.45, 2.75) is 64.2 Å². The quantitative estimate of drug-likeness (QED) is 0.223. The van der Waals surface area contributed by atoms with E-state index in [-0.39, 0.29) is 36.5 Å². The van der Waals surface area contributed by atoms with Crippen LogP contribution in [0.5, 0.6) is 0 Å². The van der Waals surface area contributed by atoms with Gasteiger partial charge in [0.25, 0.3) is 10.1 Å². The Labute approximate surface area is 158 Å². The van der Waals surface area contributed by atoms with E-state index >= 15 is 0 Å². The van der Waals surface area contributed by atoms with E-state index in [2.05, 4.69) is 38.3 Å². The Kier molecular flexibility index (Phi) is 12.1. The fraction of sp³-hybridized carbons (Fsp3) is 1.00. The molecule has 0 aromatic carbocycles. The van der Waals surface area contributed by atoms with Crippen molar-refractivity contribution < 1.29 is 27.6 Å². The molecule has 0 amide bonds. The molecule has 1 atom stereocenters. The summed E-state index contributed by atoms with van der Waals surface area (Å²) in [4.78, 5) is 0. The predicted molar refractivity (Wildman–Crippen MR) is 103 cm³/mol. The minimum atomic E-state index is -3.94. The highest BCUT2D eigenvalue weighted by Crippen LogP contribution is 2.16. The molecule has 0 aliphatic carbocycles. The summed E-state index contributed by atoms with van der Waals surface area (Å²) in [6.07, 6.45) is 1.28. The lowest BCUT2D eigenvalue weighted by molar-refractivity contribution is -0.0307. The van der Waals surface area contributed by atoms with Gasteiger partial charge in [0.05, 0.1) is 24.1 Å². The summed E-state index contributed by atoms with van der Waals surface area (Å²) in [5.74, 6) is -0.331. The minimum absolute atomic E-state index is 0.0554. The first-order chi connectivity index (χ1) is 11.9. The maximum Gasteiger partial charge on any atom is 0.264 e. The summed E-state index contributed by atoms with van der Waals surface area (Å²) in [7, 11) is -2.00. The van der Waals surface area contributed by atoms with Crippen LogP contribution >= 0.6 is 0 Å². The lowest BCUT2D eigenvalue weighted by Crippen LogP contribution is -2.39. The third-order valence-corrected chi connectivity index (χ3v) is 4.99. The second-order valence-corrected chi connectivity index (χ2v) is 9.39. The Morgan fingerprint density at radius 1 is 1.12 bits per heavy atom. The highest BCUT2D eigenvalue weighted by atomic mass is 32.2. The molecule has 0 saturated carbocycles. The summed E-state index contributed by atoms with van der Waals surface area (Å²) in [5.41, 5.74) is -0.187. The predicted octanol–water partition coefficient (Wildman–Crippen LogP) is 0.805. The molecule has 158 valence electrons. The Balaban J connectivity index is 3.72. The number of ether oxygens (including phenoxy) is 2. The topological polar surface area (TPSA) is 117 Å². The van der Waals surface area contributed by atoms with E-state index in [1.165, 1.54) is 0 Å². The largest absolute Gasteiger partial charge is 0.389 e. The van der Waals surface area contributed by atoms with Gasteiger partial charge in [0.2, 0.25) is 0 Å². The minimum Gasteiger partial charge on any atom is -0.389 e. The zero-order valence-electron chi connectivity index (χ0n) is 16.9. The fourth-order valence-electron chi connectivity index (χ4n) is 2.06. The first-order valence-corrected chi connectivity index (χ1v) is 10.7. The molecule has 0 aliphatic heterocycles. The van der Waals surface area contributed by atoms with E-state index in [4.69, 9.17) is 14.0 Å². The first kappa shape index (κ1) is 25.7. The lowest BCUT2D eigenvalue weighted by atomic mass is 10.0. The number of aliphatic hydroxyl groups is 1. The van der Waals surface area contributed by atoms with Crippen LogP contribution in [0.1, 0.15) is 47.0 Å². The number of hydrogen-bond acceptors (Lipinski definition) is 7. The van der Waals surface area contributed by atoms with Crippen molar-refractivity contribution in [2.24, 2.45) is 0 Å². The van der Waals surface area contributed by atoms with Crippen molar-refractivity contribution in [1.82, 2.24) is 10.6 Å². The molecule has 9 heteroatoms. The van der Waals surface area contributed by atoms with Crippen LogP contribution in [0.4, 0.5) is 0 Å². The van der Waals surface area contributed by atoms with Crippen LogP contribution in [-0.2, 0) is 19.6 Å². The van der Waals surface area contributed by atoms with Gasteiger partial charge in [-0.2, -0.15) is 8.42 Å². The van der Waals surface area contributed by atoms with Gasteiger partial charge >= 0.3 is 0 Å². The molecule has 0 radical (unpaired) electrons. The number of hydrogen-bond donors (Lipinski definition) is 4. The third-order valence-electron chi connectivity index (χ3n) is 4.18. The maximum absolute atomic E-state index is 10.5. The molecule has 0 aromatic heterocycles. The zero-order valence-corrected chi connectivity index (χ0v) is 17.7. The van der Waals surface area contributed by atoms with Crippen molar-refractivity contribution in [1.29, 1.82) is 0 Å². The Morgan fingerprint density at radius 3 is 2.35 bits per heavy atom. The van der Waals surface area contributed by atoms with E-state index in [1.54, 1.807) is 0 Å². The van der Waals surface area contributed by atoms with Crippen LogP contribution in [0, 0.1) is 0 Å². The maximum atomic E-state index is 10.5. The lowest BCUT2D eigenvalue weighted by Gasteiger charge is -2.29. The Morgan fingerprint density at radius 2 is 1.77 bits per heavy atom. The van der Waals surface area contributed by atoms with Crippen LogP contribution < -0.4 is 10.6 Å². The van der Waals surface area contributed by atoms with Crippen molar-refractivity contribution in [3.05, 3.63) is 0 Å². The number of nitrogens with one attached hydrogen (secondary N) is 2. The van der Waals surface area contributed by atoms with Gasteiger partial charge in [0, 0.05) is 25.3 Å². The Hall–Kier alpha value is -0.290. The molecule has 0 saturated heterocycles. The molecule has 0 rings (SSSR count). The third kappa shape index (κ3) is 15.9. The summed E-state index contributed by atoms with van der Waals surface area (Å²) >= 11 is 0. The highest BCUT2D eigenvalue weighted by molar-refractivity contribution is 7.85. The van der Waals surface area contributed by atoms with Crippen LogP contribution in [0.15, 0.2) is 0 Å². The van der Waals surface area contributed by atoms with Crippen LogP contribution in [0.3, 0.4) is 0 Å². The van der Waals surface area contributed by atoms with Crippen LogP contribution in [0.2, 0.25) is 0 Å². The first-order valence-electron chi connectivity index (χ1n) is 9.11. The van der Waals surface area contributed by atoms with Crippen molar-refractivity contribution in [3.63, 3.8) is 0 Å². The van der Waals surface area contributed by atoms with Crippen molar-refractivity contribution in [2.75, 3.05) is 45.7 Å². The van der Waals surface area contributed by atoms with Crippen LogP contribution in [-0.4, -0.2) is 81.0 Å². The molecule has 0 spiro atoms. The summed E-state index contributed by atoms with van der Waals surface area (Å²) in [5, 5.41) is 16.2.